The highest BCUT2D eigenvalue weighted by Crippen LogP contribution is 2.30. The minimum atomic E-state index is -0.555. The van der Waals surface area contributed by atoms with Crippen molar-refractivity contribution in [2.24, 2.45) is 0 Å². The Morgan fingerprint density at radius 2 is 2.07 bits per heavy atom. The Labute approximate surface area is 159 Å². The number of carbonyl (C=O) groups excluding carboxylic acids is 3. The molecule has 0 radical (unpaired) electrons. The molecule has 27 heavy (non-hydrogen) atoms. The van der Waals surface area contributed by atoms with Gasteiger partial charge in [0.15, 0.2) is 0 Å². The summed E-state index contributed by atoms with van der Waals surface area (Å²) in [5.74, 6) is -0.704. The number of rotatable bonds is 5. The molecule has 0 saturated carbocycles. The number of hydrogen-bond donors (Lipinski definition) is 2. The fourth-order valence-corrected chi connectivity index (χ4v) is 4.49. The molecular formula is C20H26N4O3. The summed E-state index contributed by atoms with van der Waals surface area (Å²) in [5.41, 5.74) is 2.75. The smallest absolute Gasteiger partial charge is 0.255 e. The highest BCUT2D eigenvalue weighted by atomic mass is 16.2. The van der Waals surface area contributed by atoms with Crippen LogP contribution in [0.5, 0.6) is 0 Å². The molecule has 1 aromatic carbocycles. The molecule has 144 valence electrons. The minimum Gasteiger partial charge on any atom is -0.322 e. The Hall–Kier alpha value is -2.25. The lowest BCUT2D eigenvalue weighted by Crippen LogP contribution is -2.52. The maximum Gasteiger partial charge on any atom is 0.255 e. The zero-order valence-corrected chi connectivity index (χ0v) is 15.7. The molecule has 1 aromatic rings. The molecule has 2 N–H and O–H groups in total. The Morgan fingerprint density at radius 3 is 2.85 bits per heavy atom. The maximum absolute atomic E-state index is 13.1. The third-order valence-electron chi connectivity index (χ3n) is 5.80. The van der Waals surface area contributed by atoms with Gasteiger partial charge in [-0.3, -0.25) is 24.6 Å². The second kappa shape index (κ2) is 7.40. The van der Waals surface area contributed by atoms with Crippen LogP contribution < -0.4 is 10.6 Å². The number of benzene rings is 1. The van der Waals surface area contributed by atoms with Gasteiger partial charge in [-0.15, -0.1) is 0 Å². The van der Waals surface area contributed by atoms with Crippen LogP contribution >= 0.6 is 0 Å². The quantitative estimate of drug-likeness (QED) is 0.743. The van der Waals surface area contributed by atoms with Crippen LogP contribution in [0, 0.1) is 0 Å². The van der Waals surface area contributed by atoms with E-state index in [1.807, 2.05) is 18.2 Å². The first-order chi connectivity index (χ1) is 13.1. The standard InChI is InChI=1S/C20H26N4O3/c1-2-21-15-8-9-23(12-15)10-13-4-3-5-14-11-24(20(27)18(13)14)16-6-7-17(25)22-19(16)26/h3-5,15-16,21H,2,6-12H2,1H3,(H,22,25,26). The van der Waals surface area contributed by atoms with E-state index in [4.69, 9.17) is 0 Å². The molecule has 3 heterocycles. The molecular weight excluding hydrogens is 344 g/mol. The Bertz CT molecular complexity index is 778. The van der Waals surface area contributed by atoms with Gasteiger partial charge < -0.3 is 10.2 Å². The molecule has 2 fully saturated rings. The second-order valence-electron chi connectivity index (χ2n) is 7.63. The first kappa shape index (κ1) is 18.1. The number of hydrogen-bond acceptors (Lipinski definition) is 5. The highest BCUT2D eigenvalue weighted by Gasteiger charge is 2.40. The number of nitrogens with zero attached hydrogens (tertiary/aromatic N) is 2. The van der Waals surface area contributed by atoms with Gasteiger partial charge in [-0.25, -0.2) is 0 Å². The lowest BCUT2D eigenvalue weighted by Gasteiger charge is -2.29. The normalized spacial score (nSPS) is 25.8. The molecule has 0 bridgehead atoms. The Balaban J connectivity index is 1.50. The molecule has 0 aromatic heterocycles. The predicted molar refractivity (Wildman–Crippen MR) is 99.8 cm³/mol. The van der Waals surface area contributed by atoms with Crippen molar-refractivity contribution in [3.8, 4) is 0 Å². The maximum atomic E-state index is 13.1. The van der Waals surface area contributed by atoms with Crippen LogP contribution in [0.15, 0.2) is 18.2 Å². The molecule has 0 spiro atoms. The lowest BCUT2D eigenvalue weighted by molar-refractivity contribution is -0.136. The van der Waals surface area contributed by atoms with E-state index in [2.05, 4.69) is 22.5 Å². The summed E-state index contributed by atoms with van der Waals surface area (Å²) in [6.45, 7) is 6.29. The van der Waals surface area contributed by atoms with E-state index < -0.39 is 6.04 Å². The van der Waals surface area contributed by atoms with Crippen LogP contribution in [-0.4, -0.2) is 59.2 Å². The summed E-state index contributed by atoms with van der Waals surface area (Å²) in [7, 11) is 0. The number of likely N-dealkylation sites (N-methyl/N-ethyl adjacent to an activating group) is 1. The van der Waals surface area contributed by atoms with Gasteiger partial charge in [0.2, 0.25) is 11.8 Å². The van der Waals surface area contributed by atoms with Crippen molar-refractivity contribution in [3.05, 3.63) is 34.9 Å². The molecule has 3 aliphatic rings. The van der Waals surface area contributed by atoms with Gasteiger partial charge in [-0.2, -0.15) is 0 Å². The number of fused-ring (bicyclic) bond motifs is 1. The van der Waals surface area contributed by atoms with Crippen molar-refractivity contribution < 1.29 is 14.4 Å². The summed E-state index contributed by atoms with van der Waals surface area (Å²) in [4.78, 5) is 40.7. The highest BCUT2D eigenvalue weighted by molar-refractivity contribution is 6.05. The number of piperidine rings is 1. The first-order valence-electron chi connectivity index (χ1n) is 9.78. The van der Waals surface area contributed by atoms with Gasteiger partial charge in [-0.1, -0.05) is 25.1 Å². The van der Waals surface area contributed by atoms with Crippen LogP contribution in [0.1, 0.15) is 47.7 Å². The summed E-state index contributed by atoms with van der Waals surface area (Å²) in [6, 6.07) is 5.94. The zero-order chi connectivity index (χ0) is 19.0. The molecule has 7 nitrogen and oxygen atoms in total. The Kier molecular flexibility index (Phi) is 4.97. The summed E-state index contributed by atoms with van der Waals surface area (Å²) >= 11 is 0. The van der Waals surface area contributed by atoms with Gasteiger partial charge >= 0.3 is 0 Å². The van der Waals surface area contributed by atoms with Crippen LogP contribution in [-0.2, 0) is 22.7 Å². The zero-order valence-electron chi connectivity index (χ0n) is 15.7. The molecule has 2 atom stereocenters. The van der Waals surface area contributed by atoms with Gasteiger partial charge in [0, 0.05) is 44.2 Å². The first-order valence-corrected chi connectivity index (χ1v) is 9.78. The van der Waals surface area contributed by atoms with Crippen molar-refractivity contribution in [1.82, 2.24) is 20.4 Å². The van der Waals surface area contributed by atoms with Gasteiger partial charge in [0.1, 0.15) is 6.04 Å². The van der Waals surface area contributed by atoms with E-state index in [9.17, 15) is 14.4 Å². The van der Waals surface area contributed by atoms with Gasteiger partial charge in [0.25, 0.3) is 5.91 Å². The van der Waals surface area contributed by atoms with E-state index in [0.717, 1.165) is 49.3 Å². The fourth-order valence-electron chi connectivity index (χ4n) is 4.49. The molecule has 3 amide bonds. The van der Waals surface area contributed by atoms with E-state index in [1.165, 1.54) is 0 Å². The van der Waals surface area contributed by atoms with E-state index >= 15 is 0 Å². The van der Waals surface area contributed by atoms with Crippen LogP contribution in [0.2, 0.25) is 0 Å². The van der Waals surface area contributed by atoms with Crippen molar-refractivity contribution in [2.45, 2.75) is 51.4 Å². The number of likely N-dealkylation sites (tertiary alicyclic amines) is 1. The van der Waals surface area contributed by atoms with Crippen LogP contribution in [0.25, 0.3) is 0 Å². The van der Waals surface area contributed by atoms with Crippen molar-refractivity contribution in [2.75, 3.05) is 19.6 Å². The average molecular weight is 370 g/mol. The average Bonchev–Trinajstić information content (AvgIpc) is 3.21. The van der Waals surface area contributed by atoms with Gasteiger partial charge in [0.05, 0.1) is 0 Å². The number of amides is 3. The molecule has 4 rings (SSSR count). The van der Waals surface area contributed by atoms with Crippen LogP contribution in [0.3, 0.4) is 0 Å². The second-order valence-corrected chi connectivity index (χ2v) is 7.63. The van der Waals surface area contributed by atoms with Gasteiger partial charge in [-0.05, 0) is 30.5 Å². The number of nitrogens with one attached hydrogen (secondary N) is 2. The van der Waals surface area contributed by atoms with Crippen molar-refractivity contribution in [3.63, 3.8) is 0 Å². The largest absolute Gasteiger partial charge is 0.322 e. The number of imide groups is 1. The monoisotopic (exact) mass is 370 g/mol. The third kappa shape index (κ3) is 3.49. The molecule has 2 saturated heterocycles. The molecule has 7 heteroatoms. The molecule has 3 aliphatic heterocycles. The molecule has 2 unspecified atom stereocenters. The van der Waals surface area contributed by atoms with E-state index in [-0.39, 0.29) is 24.1 Å². The summed E-state index contributed by atoms with van der Waals surface area (Å²) < 4.78 is 0. The van der Waals surface area contributed by atoms with Crippen LogP contribution in [0.4, 0.5) is 0 Å². The predicted octanol–water partition coefficient (Wildman–Crippen LogP) is 0.631. The minimum absolute atomic E-state index is 0.0856. The molecule has 0 aliphatic carbocycles. The summed E-state index contributed by atoms with van der Waals surface area (Å²) in [6.07, 6.45) is 1.80. The van der Waals surface area contributed by atoms with E-state index in [1.54, 1.807) is 4.90 Å². The Morgan fingerprint density at radius 1 is 1.22 bits per heavy atom. The fraction of sp³-hybridized carbons (Fsp3) is 0.550. The summed E-state index contributed by atoms with van der Waals surface area (Å²) in [5, 5.41) is 5.85. The lowest BCUT2D eigenvalue weighted by atomic mass is 10.0. The third-order valence-corrected chi connectivity index (χ3v) is 5.80. The number of carbonyl (C=O) groups is 3. The SMILES string of the molecule is CCNC1CCN(Cc2cccc3c2C(=O)N(C2CCC(=O)NC2=O)C3)C1. The van der Waals surface area contributed by atoms with E-state index in [0.29, 0.717) is 19.0 Å². The topological polar surface area (TPSA) is 81.8 Å². The van der Waals surface area contributed by atoms with Crippen molar-refractivity contribution in [1.29, 1.82) is 0 Å². The van der Waals surface area contributed by atoms with Crippen molar-refractivity contribution >= 4 is 17.7 Å².